The van der Waals surface area contributed by atoms with Gasteiger partial charge in [-0.05, 0) is 47.9 Å². The molecule has 0 aliphatic heterocycles. The molecule has 5 nitrogen and oxygen atoms in total. The Labute approximate surface area is 175 Å². The van der Waals surface area contributed by atoms with E-state index < -0.39 is 0 Å². The van der Waals surface area contributed by atoms with Crippen LogP contribution in [0, 0.1) is 0 Å². The molecular formula is C25H23N3O2. The Morgan fingerprint density at radius 3 is 2.67 bits per heavy atom. The number of amides is 1. The minimum atomic E-state index is -0.276. The van der Waals surface area contributed by atoms with Gasteiger partial charge in [0.05, 0.1) is 24.2 Å². The largest absolute Gasteiger partial charge is 0.497 e. The first-order valence-electron chi connectivity index (χ1n) is 9.82. The highest BCUT2D eigenvalue weighted by atomic mass is 16.5. The van der Waals surface area contributed by atoms with E-state index in [1.807, 2.05) is 78.9 Å². The number of para-hydroxylation sites is 2. The molecule has 0 fully saturated rings. The Morgan fingerprint density at radius 1 is 1.07 bits per heavy atom. The first kappa shape index (κ1) is 19.5. The molecule has 0 aliphatic carbocycles. The van der Waals surface area contributed by atoms with Gasteiger partial charge in [-0.25, -0.2) is 4.98 Å². The van der Waals surface area contributed by atoms with Crippen LogP contribution in [0.3, 0.4) is 0 Å². The summed E-state index contributed by atoms with van der Waals surface area (Å²) in [4.78, 5) is 20.7. The quantitative estimate of drug-likeness (QED) is 0.445. The third kappa shape index (κ3) is 4.75. The van der Waals surface area contributed by atoms with E-state index in [1.54, 1.807) is 13.2 Å². The summed E-state index contributed by atoms with van der Waals surface area (Å²) in [6.45, 7) is 0. The SMILES string of the molecule is COc1cccc(C=CC(=O)N[C@@H](Cc2ccccc2)c2nc3ccccc3[nH]2)c1. The topological polar surface area (TPSA) is 67.0 Å². The molecule has 0 radical (unpaired) electrons. The second-order valence-electron chi connectivity index (χ2n) is 7.00. The molecule has 1 amide bonds. The molecule has 0 saturated heterocycles. The van der Waals surface area contributed by atoms with Gasteiger partial charge in [0.2, 0.25) is 5.91 Å². The molecule has 0 aliphatic rings. The standard InChI is InChI=1S/C25H23N3O2/c1-30-20-11-7-10-19(16-20)14-15-24(29)26-23(17-18-8-3-2-4-9-18)25-27-21-12-5-6-13-22(21)28-25/h2-16,23H,17H2,1H3,(H,26,29)(H,27,28)/t23-/m0/s1. The fraction of sp³-hybridized carbons (Fsp3) is 0.120. The van der Waals surface area contributed by atoms with Crippen molar-refractivity contribution >= 4 is 23.0 Å². The summed E-state index contributed by atoms with van der Waals surface area (Å²) in [5.74, 6) is 1.31. The summed E-state index contributed by atoms with van der Waals surface area (Å²) in [5, 5.41) is 3.09. The van der Waals surface area contributed by atoms with Crippen molar-refractivity contribution in [3.63, 3.8) is 0 Å². The number of benzene rings is 3. The molecule has 1 heterocycles. The lowest BCUT2D eigenvalue weighted by Crippen LogP contribution is -2.29. The smallest absolute Gasteiger partial charge is 0.244 e. The Bertz CT molecular complexity index is 1130. The van der Waals surface area contributed by atoms with Gasteiger partial charge in [-0.3, -0.25) is 4.79 Å². The minimum absolute atomic E-state index is 0.181. The van der Waals surface area contributed by atoms with Gasteiger partial charge in [-0.15, -0.1) is 0 Å². The van der Waals surface area contributed by atoms with E-state index in [4.69, 9.17) is 9.72 Å². The maximum absolute atomic E-state index is 12.7. The number of fused-ring (bicyclic) bond motifs is 1. The molecule has 0 saturated carbocycles. The average Bonchev–Trinajstić information content (AvgIpc) is 3.22. The van der Waals surface area contributed by atoms with Crippen LogP contribution in [-0.2, 0) is 11.2 Å². The zero-order valence-corrected chi connectivity index (χ0v) is 16.7. The van der Waals surface area contributed by atoms with E-state index in [9.17, 15) is 4.79 Å². The van der Waals surface area contributed by atoms with Crippen LogP contribution in [0.5, 0.6) is 5.75 Å². The van der Waals surface area contributed by atoms with Crippen molar-refractivity contribution in [2.75, 3.05) is 7.11 Å². The van der Waals surface area contributed by atoms with Crippen molar-refractivity contribution < 1.29 is 9.53 Å². The van der Waals surface area contributed by atoms with Crippen LogP contribution in [0.25, 0.3) is 17.1 Å². The average molecular weight is 397 g/mol. The molecule has 0 bridgehead atoms. The number of aromatic nitrogens is 2. The van der Waals surface area contributed by atoms with Crippen molar-refractivity contribution in [2.24, 2.45) is 0 Å². The van der Waals surface area contributed by atoms with E-state index in [1.165, 1.54) is 6.08 Å². The van der Waals surface area contributed by atoms with Gasteiger partial charge < -0.3 is 15.0 Å². The molecule has 1 aromatic heterocycles. The van der Waals surface area contributed by atoms with Crippen LogP contribution in [-0.4, -0.2) is 23.0 Å². The number of H-pyrrole nitrogens is 1. The number of hydrogen-bond donors (Lipinski definition) is 2. The van der Waals surface area contributed by atoms with E-state index >= 15 is 0 Å². The van der Waals surface area contributed by atoms with Crippen LogP contribution in [0.15, 0.2) is 84.9 Å². The number of aromatic amines is 1. The lowest BCUT2D eigenvalue weighted by molar-refractivity contribution is -0.117. The molecule has 150 valence electrons. The minimum Gasteiger partial charge on any atom is -0.497 e. The Kier molecular flexibility index (Phi) is 5.90. The van der Waals surface area contributed by atoms with Crippen molar-refractivity contribution in [1.82, 2.24) is 15.3 Å². The van der Waals surface area contributed by atoms with Crippen molar-refractivity contribution in [1.29, 1.82) is 0 Å². The Hall–Kier alpha value is -3.86. The second-order valence-corrected chi connectivity index (χ2v) is 7.00. The highest BCUT2D eigenvalue weighted by molar-refractivity contribution is 5.92. The number of nitrogens with zero attached hydrogens (tertiary/aromatic N) is 1. The molecule has 0 unspecified atom stereocenters. The summed E-state index contributed by atoms with van der Waals surface area (Å²) in [6.07, 6.45) is 3.95. The molecular weight excluding hydrogens is 374 g/mol. The van der Waals surface area contributed by atoms with Gasteiger partial charge >= 0.3 is 0 Å². The van der Waals surface area contributed by atoms with Crippen LogP contribution in [0.2, 0.25) is 0 Å². The summed E-state index contributed by atoms with van der Waals surface area (Å²) < 4.78 is 5.23. The summed E-state index contributed by atoms with van der Waals surface area (Å²) >= 11 is 0. The van der Waals surface area contributed by atoms with E-state index in [0.29, 0.717) is 6.42 Å². The predicted molar refractivity (Wildman–Crippen MR) is 119 cm³/mol. The molecule has 1 atom stereocenters. The van der Waals surface area contributed by atoms with E-state index in [-0.39, 0.29) is 11.9 Å². The first-order chi connectivity index (χ1) is 14.7. The highest BCUT2D eigenvalue weighted by Crippen LogP contribution is 2.20. The third-order valence-corrected chi connectivity index (χ3v) is 4.86. The maximum atomic E-state index is 12.7. The molecule has 0 spiro atoms. The van der Waals surface area contributed by atoms with Crippen LogP contribution < -0.4 is 10.1 Å². The first-order valence-corrected chi connectivity index (χ1v) is 9.82. The molecule has 30 heavy (non-hydrogen) atoms. The Morgan fingerprint density at radius 2 is 1.87 bits per heavy atom. The van der Waals surface area contributed by atoms with E-state index in [0.717, 1.165) is 33.7 Å². The lowest BCUT2D eigenvalue weighted by Gasteiger charge is -2.16. The number of imidazole rings is 1. The van der Waals surface area contributed by atoms with Crippen molar-refractivity contribution in [3.05, 3.63) is 102 Å². The summed E-state index contributed by atoms with van der Waals surface area (Å²) in [5.41, 5.74) is 3.85. The molecule has 3 aromatic carbocycles. The molecule has 5 heteroatoms. The number of nitrogens with one attached hydrogen (secondary N) is 2. The van der Waals surface area contributed by atoms with Gasteiger partial charge in [0, 0.05) is 6.08 Å². The van der Waals surface area contributed by atoms with Crippen LogP contribution >= 0.6 is 0 Å². The summed E-state index contributed by atoms with van der Waals surface area (Å²) in [6, 6.07) is 25.2. The number of rotatable bonds is 7. The normalized spacial score (nSPS) is 12.2. The van der Waals surface area contributed by atoms with Gasteiger partial charge in [0.1, 0.15) is 11.6 Å². The predicted octanol–water partition coefficient (Wildman–Crippen LogP) is 4.68. The third-order valence-electron chi connectivity index (χ3n) is 4.86. The second kappa shape index (κ2) is 9.09. The summed E-state index contributed by atoms with van der Waals surface area (Å²) in [7, 11) is 1.62. The number of carbonyl (C=O) groups excluding carboxylic acids is 1. The molecule has 4 rings (SSSR count). The molecule has 4 aromatic rings. The van der Waals surface area contributed by atoms with Crippen LogP contribution in [0.4, 0.5) is 0 Å². The zero-order valence-electron chi connectivity index (χ0n) is 16.7. The fourth-order valence-electron chi connectivity index (χ4n) is 3.34. The van der Waals surface area contributed by atoms with Gasteiger partial charge in [0.25, 0.3) is 0 Å². The Balaban J connectivity index is 1.55. The maximum Gasteiger partial charge on any atom is 0.244 e. The van der Waals surface area contributed by atoms with Crippen molar-refractivity contribution in [3.8, 4) is 5.75 Å². The van der Waals surface area contributed by atoms with Crippen molar-refractivity contribution in [2.45, 2.75) is 12.5 Å². The number of hydrogen-bond acceptors (Lipinski definition) is 3. The fourth-order valence-corrected chi connectivity index (χ4v) is 3.34. The zero-order chi connectivity index (χ0) is 20.8. The highest BCUT2D eigenvalue weighted by Gasteiger charge is 2.18. The van der Waals surface area contributed by atoms with Gasteiger partial charge in [-0.2, -0.15) is 0 Å². The number of carbonyl (C=O) groups is 1. The lowest BCUT2D eigenvalue weighted by atomic mass is 10.1. The van der Waals surface area contributed by atoms with E-state index in [2.05, 4.69) is 10.3 Å². The monoisotopic (exact) mass is 397 g/mol. The number of ether oxygens (including phenoxy) is 1. The van der Waals surface area contributed by atoms with Gasteiger partial charge in [-0.1, -0.05) is 54.6 Å². The number of methoxy groups -OCH3 is 1. The van der Waals surface area contributed by atoms with Crippen LogP contribution in [0.1, 0.15) is 23.0 Å². The molecule has 2 N–H and O–H groups in total. The van der Waals surface area contributed by atoms with Gasteiger partial charge in [0.15, 0.2) is 0 Å².